The minimum absolute atomic E-state index is 0.0877. The number of nitrogens with zero attached hydrogens (tertiary/aromatic N) is 1. The van der Waals surface area contributed by atoms with Crippen molar-refractivity contribution in [3.63, 3.8) is 0 Å². The molecule has 8 heteroatoms. The molecule has 0 aliphatic rings. The summed E-state index contributed by atoms with van der Waals surface area (Å²) in [6, 6.07) is 9.72. The number of hydrogen-bond acceptors (Lipinski definition) is 6. The van der Waals surface area contributed by atoms with Gasteiger partial charge in [0.1, 0.15) is 11.6 Å². The van der Waals surface area contributed by atoms with Crippen LogP contribution in [-0.4, -0.2) is 38.8 Å². The quantitative estimate of drug-likeness (QED) is 0.729. The number of pyridine rings is 1. The molecule has 2 N–H and O–H groups in total. The first-order valence-electron chi connectivity index (χ1n) is 7.24. The number of benzene rings is 1. The summed E-state index contributed by atoms with van der Waals surface area (Å²) in [5.41, 5.74) is 0.872. The van der Waals surface area contributed by atoms with Crippen LogP contribution in [0.15, 0.2) is 53.7 Å². The molecule has 2 aromatic rings. The summed E-state index contributed by atoms with van der Waals surface area (Å²) in [6.45, 7) is 0.259. The number of nitrogens with one attached hydrogen (secondary N) is 2. The fraction of sp³-hybridized carbons (Fsp3) is 0.250. The number of carbonyl (C=O) groups excluding carboxylic acids is 1. The molecule has 1 amide bonds. The van der Waals surface area contributed by atoms with Crippen molar-refractivity contribution in [2.45, 2.75) is 11.4 Å². The van der Waals surface area contributed by atoms with Crippen molar-refractivity contribution in [3.05, 3.63) is 54.4 Å². The maximum absolute atomic E-state index is 12.1. The molecule has 0 aliphatic heterocycles. The van der Waals surface area contributed by atoms with Crippen molar-refractivity contribution in [1.29, 1.82) is 0 Å². The minimum Gasteiger partial charge on any atom is -0.497 e. The van der Waals surface area contributed by atoms with Gasteiger partial charge < -0.3 is 10.1 Å². The number of ether oxygens (including phenoxy) is 1. The lowest BCUT2D eigenvalue weighted by Gasteiger charge is -2.08. The van der Waals surface area contributed by atoms with E-state index in [0.717, 1.165) is 5.56 Å². The van der Waals surface area contributed by atoms with E-state index in [-0.39, 0.29) is 23.2 Å². The van der Waals surface area contributed by atoms with E-state index >= 15 is 0 Å². The molecule has 0 bridgehead atoms. The first-order valence-corrected chi connectivity index (χ1v) is 8.89. The fourth-order valence-electron chi connectivity index (χ4n) is 1.93. The Morgan fingerprint density at radius 3 is 2.58 bits per heavy atom. The molecule has 128 valence electrons. The van der Waals surface area contributed by atoms with Gasteiger partial charge >= 0.3 is 0 Å². The van der Waals surface area contributed by atoms with E-state index in [9.17, 15) is 13.2 Å². The highest BCUT2D eigenvalue weighted by Crippen LogP contribution is 2.15. The molecule has 1 aromatic heterocycles. The summed E-state index contributed by atoms with van der Waals surface area (Å²) in [4.78, 5) is 15.8. The maximum atomic E-state index is 12.1. The summed E-state index contributed by atoms with van der Waals surface area (Å²) in [7, 11) is -2.00. The number of rotatable bonds is 8. The van der Waals surface area contributed by atoms with Crippen LogP contribution in [-0.2, 0) is 21.2 Å². The molecule has 1 aromatic carbocycles. The van der Waals surface area contributed by atoms with Gasteiger partial charge in [-0.05, 0) is 35.9 Å². The van der Waals surface area contributed by atoms with E-state index in [0.29, 0.717) is 12.3 Å². The highest BCUT2D eigenvalue weighted by atomic mass is 32.2. The fourth-order valence-corrected chi connectivity index (χ4v) is 3.02. The Morgan fingerprint density at radius 2 is 1.96 bits per heavy atom. The Labute approximate surface area is 141 Å². The van der Waals surface area contributed by atoms with Crippen molar-refractivity contribution in [2.75, 3.05) is 19.5 Å². The van der Waals surface area contributed by atoms with Gasteiger partial charge in [-0.25, -0.2) is 8.42 Å². The first-order chi connectivity index (χ1) is 11.5. The average Bonchev–Trinajstić information content (AvgIpc) is 2.61. The van der Waals surface area contributed by atoms with Gasteiger partial charge in [-0.3, -0.25) is 15.1 Å². The predicted octanol–water partition coefficient (Wildman–Crippen LogP) is 0.727. The molecular weight excluding hydrogens is 330 g/mol. The third-order valence-electron chi connectivity index (χ3n) is 3.21. The van der Waals surface area contributed by atoms with Crippen molar-refractivity contribution in [2.24, 2.45) is 0 Å². The highest BCUT2D eigenvalue weighted by Gasteiger charge is 2.14. The highest BCUT2D eigenvalue weighted by molar-refractivity contribution is 7.91. The Balaban J connectivity index is 1.78. The predicted molar refractivity (Wildman–Crippen MR) is 89.1 cm³/mol. The van der Waals surface area contributed by atoms with Crippen molar-refractivity contribution in [1.82, 2.24) is 15.6 Å². The molecule has 1 heterocycles. The maximum Gasteiger partial charge on any atom is 0.234 e. The van der Waals surface area contributed by atoms with Gasteiger partial charge in [0.2, 0.25) is 5.91 Å². The summed E-state index contributed by atoms with van der Waals surface area (Å²) in [5.74, 6) is -0.0277. The largest absolute Gasteiger partial charge is 0.497 e. The second-order valence-electron chi connectivity index (χ2n) is 5.00. The molecular formula is C16H19N3O4S. The van der Waals surface area contributed by atoms with E-state index in [4.69, 9.17) is 4.74 Å². The van der Waals surface area contributed by atoms with Crippen molar-refractivity contribution < 1.29 is 17.9 Å². The van der Waals surface area contributed by atoms with Gasteiger partial charge in [-0.1, -0.05) is 6.07 Å². The van der Waals surface area contributed by atoms with E-state index in [2.05, 4.69) is 15.6 Å². The van der Waals surface area contributed by atoms with E-state index in [1.165, 1.54) is 19.2 Å². The van der Waals surface area contributed by atoms with Crippen LogP contribution < -0.4 is 15.4 Å². The van der Waals surface area contributed by atoms with Crippen LogP contribution in [0.1, 0.15) is 5.56 Å². The van der Waals surface area contributed by atoms with Crippen LogP contribution in [0, 0.1) is 0 Å². The van der Waals surface area contributed by atoms with Crippen LogP contribution in [0.4, 0.5) is 0 Å². The minimum atomic E-state index is -3.50. The van der Waals surface area contributed by atoms with Crippen LogP contribution in [0.3, 0.4) is 0 Å². The summed E-state index contributed by atoms with van der Waals surface area (Å²) < 4.78 is 29.3. The van der Waals surface area contributed by atoms with Gasteiger partial charge in [0.15, 0.2) is 9.84 Å². The Bertz CT molecular complexity index is 762. The topological polar surface area (TPSA) is 97.4 Å². The monoisotopic (exact) mass is 349 g/mol. The van der Waals surface area contributed by atoms with Gasteiger partial charge in [0.05, 0.1) is 18.6 Å². The Morgan fingerprint density at radius 1 is 1.21 bits per heavy atom. The molecule has 2 rings (SSSR count). The molecule has 0 unspecified atom stereocenters. The van der Waals surface area contributed by atoms with Crippen LogP contribution in [0.5, 0.6) is 5.75 Å². The Hall–Kier alpha value is -2.45. The van der Waals surface area contributed by atoms with E-state index < -0.39 is 9.84 Å². The zero-order valence-corrected chi connectivity index (χ0v) is 14.0. The number of methoxy groups -OCH3 is 1. The molecule has 0 atom stereocenters. The average molecular weight is 349 g/mol. The lowest BCUT2D eigenvalue weighted by molar-refractivity contribution is -0.120. The van der Waals surface area contributed by atoms with E-state index in [1.54, 1.807) is 30.6 Å². The number of hydrogen-bond donors (Lipinski definition) is 2. The third kappa shape index (κ3) is 5.32. The molecule has 24 heavy (non-hydrogen) atoms. The van der Waals surface area contributed by atoms with Crippen LogP contribution in [0.25, 0.3) is 0 Å². The smallest absolute Gasteiger partial charge is 0.234 e. The standard InChI is InChI=1S/C16H19N3O4S/c1-23-14-4-6-15(7-5-14)24(21,22)12-18-11-16(20)19-10-13-3-2-8-17-9-13/h2-9,18H,10-12H2,1H3,(H,19,20). The molecule has 7 nitrogen and oxygen atoms in total. The second kappa shape index (κ2) is 8.42. The number of aromatic nitrogens is 1. The molecule has 0 aliphatic carbocycles. The zero-order chi connectivity index (χ0) is 17.4. The van der Waals surface area contributed by atoms with Crippen molar-refractivity contribution in [3.8, 4) is 5.75 Å². The lowest BCUT2D eigenvalue weighted by atomic mass is 10.3. The van der Waals surface area contributed by atoms with Gasteiger partial charge in [0.25, 0.3) is 0 Å². The van der Waals surface area contributed by atoms with Gasteiger partial charge in [-0.15, -0.1) is 0 Å². The molecule has 0 saturated carbocycles. The molecule has 0 radical (unpaired) electrons. The van der Waals surface area contributed by atoms with Gasteiger partial charge in [-0.2, -0.15) is 0 Å². The molecule has 0 saturated heterocycles. The third-order valence-corrected chi connectivity index (χ3v) is 4.78. The summed E-state index contributed by atoms with van der Waals surface area (Å²) >= 11 is 0. The number of amides is 1. The summed E-state index contributed by atoms with van der Waals surface area (Å²) in [6.07, 6.45) is 3.30. The first kappa shape index (κ1) is 17.9. The van der Waals surface area contributed by atoms with Crippen molar-refractivity contribution >= 4 is 15.7 Å². The second-order valence-corrected chi connectivity index (χ2v) is 6.99. The number of carbonyl (C=O) groups is 1. The number of sulfone groups is 1. The van der Waals surface area contributed by atoms with E-state index in [1.807, 2.05) is 6.07 Å². The zero-order valence-electron chi connectivity index (χ0n) is 13.2. The molecule has 0 spiro atoms. The Kier molecular flexibility index (Phi) is 6.28. The van der Waals surface area contributed by atoms with Crippen LogP contribution in [0.2, 0.25) is 0 Å². The van der Waals surface area contributed by atoms with Crippen LogP contribution >= 0.6 is 0 Å². The summed E-state index contributed by atoms with van der Waals surface area (Å²) in [5, 5.41) is 5.33. The van der Waals surface area contributed by atoms with Gasteiger partial charge in [0, 0.05) is 18.9 Å². The normalized spacial score (nSPS) is 11.0. The lowest BCUT2D eigenvalue weighted by Crippen LogP contribution is -2.35. The SMILES string of the molecule is COc1ccc(S(=O)(=O)CNCC(=O)NCc2cccnc2)cc1. The molecule has 0 fully saturated rings.